The molecule has 0 aliphatic rings. The van der Waals surface area contributed by atoms with Gasteiger partial charge in [-0.1, -0.05) is 0 Å². The number of ether oxygens (including phenoxy) is 4. The number of furan rings is 1. The largest absolute Gasteiger partial charge is 0.493 e. The van der Waals surface area contributed by atoms with Crippen LogP contribution < -0.4 is 24.8 Å². The molecule has 0 fully saturated rings. The molecule has 2 heterocycles. The zero-order valence-corrected chi connectivity index (χ0v) is 16.7. The number of hydrogen-bond donors (Lipinski definition) is 2. The van der Waals surface area contributed by atoms with Gasteiger partial charge in [-0.3, -0.25) is 4.79 Å². The van der Waals surface area contributed by atoms with Gasteiger partial charge in [-0.05, 0) is 6.07 Å². The van der Waals surface area contributed by atoms with E-state index < -0.39 is 0 Å². The number of rotatable bonds is 9. The van der Waals surface area contributed by atoms with Crippen molar-refractivity contribution in [1.29, 1.82) is 0 Å². The van der Waals surface area contributed by atoms with Gasteiger partial charge in [0.15, 0.2) is 11.5 Å². The van der Waals surface area contributed by atoms with Gasteiger partial charge in [-0.15, -0.1) is 0 Å². The lowest BCUT2D eigenvalue weighted by molar-refractivity contribution is 0.0932. The quantitative estimate of drug-likeness (QED) is 0.528. The molecule has 0 bridgehead atoms. The first kappa shape index (κ1) is 20.3. The summed E-state index contributed by atoms with van der Waals surface area (Å²) in [6.07, 6.45) is 1.54. The SMILES string of the molecule is COCCNC(=O)c1cc2occc2c(Nc2cc(OC)c(OC)c(OC)c2)n1. The summed E-state index contributed by atoms with van der Waals surface area (Å²) in [7, 11) is 6.19. The third kappa shape index (κ3) is 4.35. The van der Waals surface area contributed by atoms with Gasteiger partial charge in [-0.25, -0.2) is 4.98 Å². The Morgan fingerprint density at radius 2 is 1.79 bits per heavy atom. The predicted molar refractivity (Wildman–Crippen MR) is 108 cm³/mol. The minimum absolute atomic E-state index is 0.221. The van der Waals surface area contributed by atoms with E-state index in [0.29, 0.717) is 47.5 Å². The van der Waals surface area contributed by atoms with E-state index in [1.807, 2.05) is 0 Å². The van der Waals surface area contributed by atoms with Crippen molar-refractivity contribution in [2.45, 2.75) is 0 Å². The van der Waals surface area contributed by atoms with Crippen LogP contribution in [0.2, 0.25) is 0 Å². The Kier molecular flexibility index (Phi) is 6.40. The van der Waals surface area contributed by atoms with Crippen LogP contribution in [0, 0.1) is 0 Å². The van der Waals surface area contributed by atoms with Crippen LogP contribution in [0.1, 0.15) is 10.5 Å². The van der Waals surface area contributed by atoms with E-state index in [1.165, 1.54) is 7.11 Å². The molecule has 0 aliphatic heterocycles. The maximum Gasteiger partial charge on any atom is 0.270 e. The van der Waals surface area contributed by atoms with Crippen LogP contribution in [0.15, 0.2) is 34.9 Å². The van der Waals surface area contributed by atoms with E-state index in [4.69, 9.17) is 23.4 Å². The van der Waals surface area contributed by atoms with E-state index in [-0.39, 0.29) is 11.6 Å². The van der Waals surface area contributed by atoms with Crippen LogP contribution >= 0.6 is 0 Å². The lowest BCUT2D eigenvalue weighted by atomic mass is 10.2. The molecule has 2 aromatic heterocycles. The highest BCUT2D eigenvalue weighted by atomic mass is 16.5. The van der Waals surface area contributed by atoms with Crippen LogP contribution in [-0.4, -0.2) is 52.5 Å². The predicted octanol–water partition coefficient (Wildman–Crippen LogP) is 2.97. The molecule has 0 radical (unpaired) electrons. The molecule has 0 spiro atoms. The molecular weight excluding hydrogens is 378 g/mol. The summed E-state index contributed by atoms with van der Waals surface area (Å²) in [5, 5.41) is 6.68. The number of amides is 1. The molecular formula is C20H23N3O6. The number of nitrogens with zero attached hydrogens (tertiary/aromatic N) is 1. The minimum atomic E-state index is -0.326. The number of methoxy groups -OCH3 is 4. The second-order valence-corrected chi connectivity index (χ2v) is 5.98. The summed E-state index contributed by atoms with van der Waals surface area (Å²) < 4.78 is 26.6. The van der Waals surface area contributed by atoms with Crippen LogP contribution in [0.4, 0.5) is 11.5 Å². The Labute approximate surface area is 167 Å². The van der Waals surface area contributed by atoms with Gasteiger partial charge >= 0.3 is 0 Å². The highest BCUT2D eigenvalue weighted by Crippen LogP contribution is 2.41. The molecule has 9 heteroatoms. The molecule has 0 saturated heterocycles. The van der Waals surface area contributed by atoms with Crippen molar-refractivity contribution in [3.63, 3.8) is 0 Å². The Morgan fingerprint density at radius 3 is 2.41 bits per heavy atom. The molecule has 3 aromatic rings. The van der Waals surface area contributed by atoms with Crippen molar-refractivity contribution < 1.29 is 28.2 Å². The molecule has 0 atom stereocenters. The Bertz CT molecular complexity index is 976. The second-order valence-electron chi connectivity index (χ2n) is 5.98. The number of pyridine rings is 1. The molecule has 154 valence electrons. The summed E-state index contributed by atoms with van der Waals surface area (Å²) in [6.45, 7) is 0.786. The number of benzene rings is 1. The zero-order valence-electron chi connectivity index (χ0n) is 16.7. The highest BCUT2D eigenvalue weighted by Gasteiger charge is 2.17. The summed E-state index contributed by atoms with van der Waals surface area (Å²) in [5.74, 6) is 1.60. The average Bonchev–Trinajstić information content (AvgIpc) is 3.22. The summed E-state index contributed by atoms with van der Waals surface area (Å²) in [6, 6.07) is 6.87. The third-order valence-electron chi connectivity index (χ3n) is 4.20. The second kappa shape index (κ2) is 9.16. The number of carbonyl (C=O) groups excluding carboxylic acids is 1. The summed E-state index contributed by atoms with van der Waals surface area (Å²) in [4.78, 5) is 16.9. The number of fused-ring (bicyclic) bond motifs is 1. The molecule has 29 heavy (non-hydrogen) atoms. The molecule has 1 aromatic carbocycles. The van der Waals surface area contributed by atoms with Crippen molar-refractivity contribution in [2.24, 2.45) is 0 Å². The highest BCUT2D eigenvalue weighted by molar-refractivity contribution is 5.99. The Morgan fingerprint density at radius 1 is 1.07 bits per heavy atom. The van der Waals surface area contributed by atoms with Gasteiger partial charge in [0.1, 0.15) is 17.1 Å². The monoisotopic (exact) mass is 401 g/mol. The van der Waals surface area contributed by atoms with E-state index in [2.05, 4.69) is 15.6 Å². The topological polar surface area (TPSA) is 104 Å². The zero-order chi connectivity index (χ0) is 20.8. The number of hydrogen-bond acceptors (Lipinski definition) is 8. The van der Waals surface area contributed by atoms with Crippen LogP contribution in [0.3, 0.4) is 0 Å². The molecule has 9 nitrogen and oxygen atoms in total. The Balaban J connectivity index is 1.97. The van der Waals surface area contributed by atoms with Crippen molar-refractivity contribution >= 4 is 28.4 Å². The first-order chi connectivity index (χ1) is 14.1. The number of carbonyl (C=O) groups is 1. The fraction of sp³-hybridized carbons (Fsp3) is 0.300. The van der Waals surface area contributed by atoms with Crippen LogP contribution in [0.5, 0.6) is 17.2 Å². The first-order valence-corrected chi connectivity index (χ1v) is 8.83. The van der Waals surface area contributed by atoms with Gasteiger partial charge in [0.25, 0.3) is 5.91 Å². The van der Waals surface area contributed by atoms with Crippen molar-refractivity contribution in [1.82, 2.24) is 10.3 Å². The van der Waals surface area contributed by atoms with Crippen LogP contribution in [0.25, 0.3) is 11.0 Å². The van der Waals surface area contributed by atoms with E-state index >= 15 is 0 Å². The van der Waals surface area contributed by atoms with Gasteiger partial charge in [0.2, 0.25) is 5.75 Å². The Hall–Kier alpha value is -3.46. The van der Waals surface area contributed by atoms with Crippen LogP contribution in [-0.2, 0) is 4.74 Å². The van der Waals surface area contributed by atoms with Gasteiger partial charge < -0.3 is 34.0 Å². The first-order valence-electron chi connectivity index (χ1n) is 8.83. The molecule has 2 N–H and O–H groups in total. The van der Waals surface area contributed by atoms with E-state index in [0.717, 1.165) is 5.39 Å². The minimum Gasteiger partial charge on any atom is -0.493 e. The molecule has 3 rings (SSSR count). The molecule has 0 saturated carbocycles. The lowest BCUT2D eigenvalue weighted by Gasteiger charge is -2.15. The third-order valence-corrected chi connectivity index (χ3v) is 4.20. The van der Waals surface area contributed by atoms with Gasteiger partial charge in [0.05, 0.1) is 39.6 Å². The van der Waals surface area contributed by atoms with Gasteiger partial charge in [0, 0.05) is 37.5 Å². The maximum absolute atomic E-state index is 12.4. The van der Waals surface area contributed by atoms with Crippen molar-refractivity contribution in [2.75, 3.05) is 46.9 Å². The fourth-order valence-corrected chi connectivity index (χ4v) is 2.82. The molecule has 1 amide bonds. The summed E-state index contributed by atoms with van der Waals surface area (Å²) in [5.41, 5.74) is 1.40. The van der Waals surface area contributed by atoms with Gasteiger partial charge in [-0.2, -0.15) is 0 Å². The van der Waals surface area contributed by atoms with E-state index in [1.54, 1.807) is 51.9 Å². The van der Waals surface area contributed by atoms with E-state index in [9.17, 15) is 4.79 Å². The number of aromatic nitrogens is 1. The standard InChI is InChI=1S/C20H23N3O6/c1-25-8-6-21-20(24)14-11-15-13(5-7-29-15)19(23-14)22-12-9-16(26-2)18(28-4)17(10-12)27-3/h5,7,9-11H,6,8H2,1-4H3,(H,21,24)(H,22,23). The lowest BCUT2D eigenvalue weighted by Crippen LogP contribution is -2.27. The number of anilines is 2. The molecule has 0 aliphatic carbocycles. The maximum atomic E-state index is 12.4. The normalized spacial score (nSPS) is 10.6. The average molecular weight is 401 g/mol. The smallest absolute Gasteiger partial charge is 0.270 e. The van der Waals surface area contributed by atoms with Crippen molar-refractivity contribution in [3.05, 3.63) is 36.2 Å². The molecule has 0 unspecified atom stereocenters. The number of nitrogens with one attached hydrogen (secondary N) is 2. The summed E-state index contributed by atoms with van der Waals surface area (Å²) >= 11 is 0. The van der Waals surface area contributed by atoms with Crippen molar-refractivity contribution in [3.8, 4) is 17.2 Å². The fourth-order valence-electron chi connectivity index (χ4n) is 2.82.